The molecule has 2 aromatic rings. The van der Waals surface area contributed by atoms with Gasteiger partial charge in [-0.15, -0.1) is 0 Å². The van der Waals surface area contributed by atoms with Crippen LogP contribution >= 0.6 is 0 Å². The van der Waals surface area contributed by atoms with Gasteiger partial charge in [0.15, 0.2) is 0 Å². The molecule has 4 nitrogen and oxygen atoms in total. The first kappa shape index (κ1) is 20.5. The summed E-state index contributed by atoms with van der Waals surface area (Å²) in [5.41, 5.74) is 3.80. The summed E-state index contributed by atoms with van der Waals surface area (Å²) >= 11 is 0. The van der Waals surface area contributed by atoms with Crippen molar-refractivity contribution in [1.29, 1.82) is 0 Å². The molecule has 0 saturated heterocycles. The summed E-state index contributed by atoms with van der Waals surface area (Å²) in [5.74, 6) is 2.35. The van der Waals surface area contributed by atoms with Crippen molar-refractivity contribution < 1.29 is 19.7 Å². The molecule has 2 bridgehead atoms. The van der Waals surface area contributed by atoms with Crippen molar-refractivity contribution >= 4 is 10.8 Å². The average Bonchev–Trinajstić information content (AvgIpc) is 3.24. The lowest BCUT2D eigenvalue weighted by atomic mass is 9.78. The SMILES string of the molecule is CCC(O)COc1c2c(c(OCC(O)CC)c3c(C)cccc13)C1CCC2(C)C1. The number of aliphatic hydroxyl groups is 2. The van der Waals surface area contributed by atoms with E-state index >= 15 is 0 Å². The Morgan fingerprint density at radius 2 is 1.72 bits per heavy atom. The molecule has 0 spiro atoms. The monoisotopic (exact) mass is 398 g/mol. The molecular formula is C25H34O4. The number of aliphatic hydroxyl groups excluding tert-OH is 2. The fourth-order valence-electron chi connectivity index (χ4n) is 5.26. The van der Waals surface area contributed by atoms with Crippen molar-refractivity contribution in [3.05, 3.63) is 34.9 Å². The van der Waals surface area contributed by atoms with Gasteiger partial charge < -0.3 is 19.7 Å². The van der Waals surface area contributed by atoms with Crippen molar-refractivity contribution in [2.75, 3.05) is 13.2 Å². The molecule has 0 radical (unpaired) electrons. The molecule has 1 saturated carbocycles. The second-order valence-corrected chi connectivity index (χ2v) is 9.19. The molecule has 2 aliphatic rings. The Bertz CT molecular complexity index is 906. The lowest BCUT2D eigenvalue weighted by Gasteiger charge is -2.31. The molecule has 2 aromatic carbocycles. The zero-order chi connectivity index (χ0) is 20.8. The summed E-state index contributed by atoms with van der Waals surface area (Å²) in [4.78, 5) is 0. The molecular weight excluding hydrogens is 364 g/mol. The maximum Gasteiger partial charge on any atom is 0.131 e. The molecule has 2 N–H and O–H groups in total. The van der Waals surface area contributed by atoms with E-state index < -0.39 is 12.2 Å². The van der Waals surface area contributed by atoms with Gasteiger partial charge in [-0.05, 0) is 55.9 Å². The van der Waals surface area contributed by atoms with E-state index in [1.54, 1.807) is 0 Å². The number of aryl methyl sites for hydroxylation is 1. The normalized spacial score (nSPS) is 24.6. The second-order valence-electron chi connectivity index (χ2n) is 9.19. The van der Waals surface area contributed by atoms with E-state index in [-0.39, 0.29) is 5.41 Å². The highest BCUT2D eigenvalue weighted by atomic mass is 16.5. The lowest BCUT2D eigenvalue weighted by Crippen LogP contribution is -2.23. The first-order valence-corrected chi connectivity index (χ1v) is 11.1. The third-order valence-electron chi connectivity index (χ3n) is 7.02. The van der Waals surface area contributed by atoms with E-state index in [1.807, 2.05) is 13.8 Å². The highest BCUT2D eigenvalue weighted by Crippen LogP contribution is 2.64. The van der Waals surface area contributed by atoms with Gasteiger partial charge in [-0.1, -0.05) is 39.0 Å². The standard InChI is InChI=1S/C25H34O4/c1-5-17(26)13-28-23-19-9-7-8-15(3)20(19)24(29-14-18(27)6-2)21-16-10-11-25(4,12-16)22(21)23/h7-9,16-18,26-27H,5-6,10-14H2,1-4H3. The van der Waals surface area contributed by atoms with Crippen molar-refractivity contribution in [3.63, 3.8) is 0 Å². The van der Waals surface area contributed by atoms with Gasteiger partial charge in [0, 0.05) is 21.9 Å². The molecule has 0 heterocycles. The molecule has 4 unspecified atom stereocenters. The van der Waals surface area contributed by atoms with Gasteiger partial charge in [-0.2, -0.15) is 0 Å². The lowest BCUT2D eigenvalue weighted by molar-refractivity contribution is 0.102. The highest BCUT2D eigenvalue weighted by molar-refractivity contribution is 5.99. The third-order valence-corrected chi connectivity index (χ3v) is 7.02. The van der Waals surface area contributed by atoms with E-state index in [1.165, 1.54) is 17.5 Å². The fraction of sp³-hybridized carbons (Fsp3) is 0.600. The van der Waals surface area contributed by atoms with Crippen LogP contribution in [-0.4, -0.2) is 35.6 Å². The van der Waals surface area contributed by atoms with Crippen LogP contribution in [0.3, 0.4) is 0 Å². The third kappa shape index (κ3) is 3.40. The number of ether oxygens (including phenoxy) is 2. The van der Waals surface area contributed by atoms with Gasteiger partial charge in [0.1, 0.15) is 24.7 Å². The number of benzene rings is 2. The maximum absolute atomic E-state index is 10.1. The van der Waals surface area contributed by atoms with Crippen molar-refractivity contribution in [1.82, 2.24) is 0 Å². The Kier molecular flexibility index (Phi) is 5.52. The summed E-state index contributed by atoms with van der Waals surface area (Å²) in [7, 11) is 0. The fourth-order valence-corrected chi connectivity index (χ4v) is 5.26. The summed E-state index contributed by atoms with van der Waals surface area (Å²) in [6.45, 7) is 9.01. The molecule has 4 heteroatoms. The van der Waals surface area contributed by atoms with Crippen LogP contribution < -0.4 is 9.47 Å². The van der Waals surface area contributed by atoms with Crippen LogP contribution in [0.4, 0.5) is 0 Å². The minimum absolute atomic E-state index is 0.0892. The Labute approximate surface area is 173 Å². The largest absolute Gasteiger partial charge is 0.490 e. The topological polar surface area (TPSA) is 58.9 Å². The van der Waals surface area contributed by atoms with Gasteiger partial charge in [0.2, 0.25) is 0 Å². The molecule has 0 aromatic heterocycles. The van der Waals surface area contributed by atoms with Crippen LogP contribution in [0, 0.1) is 6.92 Å². The van der Waals surface area contributed by atoms with Crippen molar-refractivity contribution in [3.8, 4) is 11.5 Å². The van der Waals surface area contributed by atoms with Crippen molar-refractivity contribution in [2.45, 2.75) is 83.3 Å². The molecule has 0 aliphatic heterocycles. The van der Waals surface area contributed by atoms with Crippen LogP contribution in [0.1, 0.15) is 75.5 Å². The zero-order valence-corrected chi connectivity index (χ0v) is 18.1. The quantitative estimate of drug-likeness (QED) is 0.658. The average molecular weight is 399 g/mol. The van der Waals surface area contributed by atoms with Crippen LogP contribution in [0.5, 0.6) is 11.5 Å². The van der Waals surface area contributed by atoms with Crippen LogP contribution in [0.2, 0.25) is 0 Å². The maximum atomic E-state index is 10.1. The second kappa shape index (κ2) is 7.81. The molecule has 1 fully saturated rings. The van der Waals surface area contributed by atoms with E-state index in [0.29, 0.717) is 32.0 Å². The Hall–Kier alpha value is -1.78. The molecule has 2 aliphatic carbocycles. The predicted molar refractivity (Wildman–Crippen MR) is 116 cm³/mol. The number of hydrogen-bond acceptors (Lipinski definition) is 4. The predicted octanol–water partition coefficient (Wildman–Crippen LogP) is 4.99. The molecule has 4 rings (SSSR count). The van der Waals surface area contributed by atoms with E-state index in [2.05, 4.69) is 32.0 Å². The summed E-state index contributed by atoms with van der Waals surface area (Å²) < 4.78 is 12.7. The minimum atomic E-state index is -0.465. The van der Waals surface area contributed by atoms with E-state index in [0.717, 1.165) is 40.7 Å². The number of rotatable bonds is 8. The first-order valence-electron chi connectivity index (χ1n) is 11.1. The van der Waals surface area contributed by atoms with E-state index in [9.17, 15) is 10.2 Å². The van der Waals surface area contributed by atoms with Crippen LogP contribution in [0.25, 0.3) is 10.8 Å². The van der Waals surface area contributed by atoms with E-state index in [4.69, 9.17) is 9.47 Å². The smallest absolute Gasteiger partial charge is 0.131 e. The van der Waals surface area contributed by atoms with Gasteiger partial charge in [0.05, 0.1) is 12.2 Å². The van der Waals surface area contributed by atoms with Crippen LogP contribution in [-0.2, 0) is 5.41 Å². The van der Waals surface area contributed by atoms with Gasteiger partial charge in [-0.3, -0.25) is 0 Å². The minimum Gasteiger partial charge on any atom is -0.490 e. The zero-order valence-electron chi connectivity index (χ0n) is 18.1. The molecule has 29 heavy (non-hydrogen) atoms. The molecule has 0 amide bonds. The summed E-state index contributed by atoms with van der Waals surface area (Å²) in [5, 5.41) is 22.4. The molecule has 158 valence electrons. The summed E-state index contributed by atoms with van der Waals surface area (Å²) in [6.07, 6.45) is 3.88. The van der Waals surface area contributed by atoms with Gasteiger partial charge >= 0.3 is 0 Å². The number of fused-ring (bicyclic) bond motifs is 6. The Morgan fingerprint density at radius 3 is 2.38 bits per heavy atom. The summed E-state index contributed by atoms with van der Waals surface area (Å²) in [6, 6.07) is 6.28. The number of hydrogen-bond donors (Lipinski definition) is 2. The first-order chi connectivity index (χ1) is 13.9. The molecule has 4 atom stereocenters. The Balaban J connectivity index is 1.93. The Morgan fingerprint density at radius 1 is 1.07 bits per heavy atom. The highest BCUT2D eigenvalue weighted by Gasteiger charge is 2.50. The van der Waals surface area contributed by atoms with Gasteiger partial charge in [-0.25, -0.2) is 0 Å². The van der Waals surface area contributed by atoms with Crippen molar-refractivity contribution in [2.24, 2.45) is 0 Å². The van der Waals surface area contributed by atoms with Crippen LogP contribution in [0.15, 0.2) is 18.2 Å². The van der Waals surface area contributed by atoms with Gasteiger partial charge in [0.25, 0.3) is 0 Å².